The molecule has 1 aromatic heterocycles. The summed E-state index contributed by atoms with van der Waals surface area (Å²) in [6, 6.07) is 34.3. The van der Waals surface area contributed by atoms with E-state index >= 15 is 0 Å². The molecule has 6 aromatic rings. The van der Waals surface area contributed by atoms with E-state index in [2.05, 4.69) is 199 Å². The lowest BCUT2D eigenvalue weighted by atomic mass is 9.35. The first-order chi connectivity index (χ1) is 27.0. The number of fused-ring (bicyclic) bond motifs is 7. The minimum Gasteiger partial charge on any atom is -0.311 e. The highest BCUT2D eigenvalue weighted by Crippen LogP contribution is 2.52. The van der Waals surface area contributed by atoms with Gasteiger partial charge in [0.2, 0.25) is 0 Å². The molecule has 0 spiro atoms. The second-order valence-corrected chi connectivity index (χ2v) is 23.5. The van der Waals surface area contributed by atoms with Crippen molar-refractivity contribution in [2.75, 3.05) is 9.80 Å². The molecule has 4 heteroatoms. The standard InChI is InChI=1S/C54H63BN2S/c1-32-26-44-47-45(27-32)57(42-22-18-35(28-33(42)2)51(6,7)8)48-38-29-36(52(9,10)11)19-23-46(38)58-49(48)55(47)41-30-39-40(54(14,15)25-24-53(39,12)13)31-43(41)56(44)37-20-16-34(17-21-37)50(3,4)5/h16-23,26-31H,24-25H2,1-15H3. The smallest absolute Gasteiger partial charge is 0.264 e. The molecule has 0 N–H and O–H groups in total. The van der Waals surface area contributed by atoms with Gasteiger partial charge in [-0.15, -0.1) is 11.3 Å². The van der Waals surface area contributed by atoms with Crippen LogP contribution in [0.5, 0.6) is 0 Å². The average Bonchev–Trinajstić information content (AvgIpc) is 3.51. The highest BCUT2D eigenvalue weighted by Gasteiger charge is 2.48. The number of anilines is 6. The fourth-order valence-corrected chi connectivity index (χ4v) is 11.5. The molecule has 0 amide bonds. The minimum atomic E-state index is 0.0341. The Bertz CT molecular complexity index is 2650. The Kier molecular flexibility index (Phi) is 8.53. The van der Waals surface area contributed by atoms with Crippen molar-refractivity contribution in [1.29, 1.82) is 0 Å². The Labute approximate surface area is 353 Å². The predicted molar refractivity (Wildman–Crippen MR) is 257 cm³/mol. The molecular weight excluding hydrogens is 719 g/mol. The molecule has 5 aromatic carbocycles. The van der Waals surface area contributed by atoms with Crippen LogP contribution in [0.2, 0.25) is 0 Å². The summed E-state index contributed by atoms with van der Waals surface area (Å²) >= 11 is 2.02. The summed E-state index contributed by atoms with van der Waals surface area (Å²) in [5, 5.41) is 1.36. The van der Waals surface area contributed by atoms with Gasteiger partial charge in [0.15, 0.2) is 0 Å². The molecule has 58 heavy (non-hydrogen) atoms. The SMILES string of the molecule is Cc1cc2c3c(c1)N(c1ccc(C(C)(C)C)cc1C)c1c(sc4ccc(C(C)(C)C)cc14)B3c1cc3c(cc1N2c1ccc(C(C)(C)C)cc1)C(C)(C)CCC3(C)C. The van der Waals surface area contributed by atoms with Gasteiger partial charge in [-0.2, -0.15) is 0 Å². The van der Waals surface area contributed by atoms with Gasteiger partial charge in [0.1, 0.15) is 0 Å². The van der Waals surface area contributed by atoms with E-state index < -0.39 is 0 Å². The fraction of sp³-hybridized carbons (Fsp3) is 0.407. The summed E-state index contributed by atoms with van der Waals surface area (Å²) in [5.41, 5.74) is 20.7. The lowest BCUT2D eigenvalue weighted by molar-refractivity contribution is 0.332. The molecule has 0 unspecified atom stereocenters. The molecule has 0 saturated heterocycles. The molecule has 3 heterocycles. The third-order valence-corrected chi connectivity index (χ3v) is 15.2. The Balaban J connectivity index is 1.42. The molecule has 0 radical (unpaired) electrons. The Morgan fingerprint density at radius 3 is 1.67 bits per heavy atom. The predicted octanol–water partition coefficient (Wildman–Crippen LogP) is 13.8. The number of hydrogen-bond acceptors (Lipinski definition) is 3. The number of aryl methyl sites for hydroxylation is 2. The van der Waals surface area contributed by atoms with E-state index in [-0.39, 0.29) is 33.8 Å². The maximum Gasteiger partial charge on any atom is 0.264 e. The quantitative estimate of drug-likeness (QED) is 0.161. The van der Waals surface area contributed by atoms with Crippen LogP contribution in [0.1, 0.15) is 142 Å². The normalized spacial score (nSPS) is 16.9. The van der Waals surface area contributed by atoms with Crippen molar-refractivity contribution in [3.8, 4) is 0 Å². The highest BCUT2D eigenvalue weighted by molar-refractivity contribution is 7.33. The first-order valence-corrected chi connectivity index (χ1v) is 22.5. The molecule has 3 aliphatic rings. The second-order valence-electron chi connectivity index (χ2n) is 22.4. The molecule has 298 valence electrons. The van der Waals surface area contributed by atoms with Gasteiger partial charge in [0.25, 0.3) is 6.71 Å². The van der Waals surface area contributed by atoms with E-state index in [1.54, 1.807) is 0 Å². The van der Waals surface area contributed by atoms with Crippen molar-refractivity contribution in [1.82, 2.24) is 0 Å². The molecule has 9 rings (SSSR count). The highest BCUT2D eigenvalue weighted by atomic mass is 32.1. The molecule has 0 bridgehead atoms. The van der Waals surface area contributed by atoms with E-state index in [0.717, 1.165) is 0 Å². The number of thiophene rings is 1. The number of nitrogens with zero attached hydrogens (tertiary/aromatic N) is 2. The largest absolute Gasteiger partial charge is 0.311 e. The van der Waals surface area contributed by atoms with Crippen LogP contribution in [0.25, 0.3) is 10.1 Å². The van der Waals surface area contributed by atoms with Gasteiger partial charge in [-0.05, 0) is 152 Å². The van der Waals surface area contributed by atoms with Crippen molar-refractivity contribution >= 4 is 78.0 Å². The van der Waals surface area contributed by atoms with Crippen LogP contribution < -0.4 is 25.5 Å². The van der Waals surface area contributed by atoms with Crippen molar-refractivity contribution in [3.05, 3.63) is 124 Å². The van der Waals surface area contributed by atoms with Crippen LogP contribution in [0.15, 0.2) is 84.9 Å². The van der Waals surface area contributed by atoms with Gasteiger partial charge in [0.05, 0.1) is 5.69 Å². The fourth-order valence-electron chi connectivity index (χ4n) is 10.2. The Hall–Kier alpha value is -4.28. The zero-order chi connectivity index (χ0) is 41.6. The Morgan fingerprint density at radius 2 is 1.09 bits per heavy atom. The van der Waals surface area contributed by atoms with Gasteiger partial charge < -0.3 is 9.80 Å². The van der Waals surface area contributed by atoms with Crippen LogP contribution in [-0.4, -0.2) is 6.71 Å². The van der Waals surface area contributed by atoms with Crippen LogP contribution >= 0.6 is 11.3 Å². The molecule has 0 atom stereocenters. The summed E-state index contributed by atoms with van der Waals surface area (Å²) in [5.74, 6) is 0. The van der Waals surface area contributed by atoms with Crippen molar-refractivity contribution in [3.63, 3.8) is 0 Å². The van der Waals surface area contributed by atoms with Gasteiger partial charge in [-0.25, -0.2) is 0 Å². The summed E-state index contributed by atoms with van der Waals surface area (Å²) in [4.78, 5) is 5.30. The lowest BCUT2D eigenvalue weighted by Crippen LogP contribution is -2.61. The third kappa shape index (κ3) is 6.02. The van der Waals surface area contributed by atoms with E-state index in [0.29, 0.717) is 0 Å². The summed E-state index contributed by atoms with van der Waals surface area (Å²) in [6.45, 7) is 35.6. The average molecular weight is 783 g/mol. The maximum atomic E-state index is 2.67. The van der Waals surface area contributed by atoms with E-state index in [1.807, 2.05) is 11.3 Å². The monoisotopic (exact) mass is 782 g/mol. The summed E-state index contributed by atoms with van der Waals surface area (Å²) < 4.78 is 2.81. The van der Waals surface area contributed by atoms with Crippen LogP contribution in [0, 0.1) is 13.8 Å². The topological polar surface area (TPSA) is 6.48 Å². The first kappa shape index (κ1) is 39.2. The second kappa shape index (κ2) is 12.6. The van der Waals surface area contributed by atoms with Gasteiger partial charge in [-0.3, -0.25) is 0 Å². The number of rotatable bonds is 2. The zero-order valence-electron chi connectivity index (χ0n) is 37.9. The maximum absolute atomic E-state index is 2.67. The summed E-state index contributed by atoms with van der Waals surface area (Å²) in [7, 11) is 0. The van der Waals surface area contributed by atoms with Crippen LogP contribution in [0.3, 0.4) is 0 Å². The minimum absolute atomic E-state index is 0.0341. The molecule has 2 aliphatic heterocycles. The van der Waals surface area contributed by atoms with Crippen molar-refractivity contribution in [2.45, 2.75) is 144 Å². The van der Waals surface area contributed by atoms with Gasteiger partial charge in [0, 0.05) is 43.3 Å². The number of hydrogen-bond donors (Lipinski definition) is 0. The van der Waals surface area contributed by atoms with Crippen molar-refractivity contribution in [2.24, 2.45) is 0 Å². The molecule has 1 aliphatic carbocycles. The van der Waals surface area contributed by atoms with E-state index in [9.17, 15) is 0 Å². The van der Waals surface area contributed by atoms with Crippen LogP contribution in [0.4, 0.5) is 34.1 Å². The summed E-state index contributed by atoms with van der Waals surface area (Å²) in [6.07, 6.45) is 2.38. The molecular formula is C54H63BN2S. The lowest BCUT2D eigenvalue weighted by Gasteiger charge is -2.47. The van der Waals surface area contributed by atoms with E-state index in [4.69, 9.17) is 0 Å². The van der Waals surface area contributed by atoms with Crippen molar-refractivity contribution < 1.29 is 0 Å². The van der Waals surface area contributed by atoms with Gasteiger partial charge in [-0.1, -0.05) is 126 Å². The molecule has 0 saturated carbocycles. The first-order valence-electron chi connectivity index (χ1n) is 21.7. The van der Waals surface area contributed by atoms with E-state index in [1.165, 1.54) is 112 Å². The van der Waals surface area contributed by atoms with Crippen LogP contribution in [-0.2, 0) is 27.1 Å². The third-order valence-electron chi connectivity index (χ3n) is 13.9. The molecule has 2 nitrogen and oxygen atoms in total. The zero-order valence-corrected chi connectivity index (χ0v) is 38.7. The number of benzene rings is 5. The Morgan fingerprint density at radius 1 is 0.552 bits per heavy atom. The van der Waals surface area contributed by atoms with Gasteiger partial charge >= 0.3 is 0 Å². The molecule has 0 fully saturated rings.